The molecule has 0 saturated carbocycles. The van der Waals surface area contributed by atoms with Gasteiger partial charge in [-0.05, 0) is 32.8 Å². The van der Waals surface area contributed by atoms with Crippen molar-refractivity contribution >= 4 is 0 Å². The molecule has 0 aliphatic heterocycles. The third-order valence-corrected chi connectivity index (χ3v) is 3.16. The van der Waals surface area contributed by atoms with Gasteiger partial charge in [0.2, 0.25) is 0 Å². The SMILES string of the molecule is CCn1ccnc1C(N)Cc1cc(C)cc(C)c1. The highest BCUT2D eigenvalue weighted by Crippen LogP contribution is 2.17. The zero-order chi connectivity index (χ0) is 13.1. The number of hydrogen-bond acceptors (Lipinski definition) is 2. The van der Waals surface area contributed by atoms with Crippen LogP contribution in [0.25, 0.3) is 0 Å². The van der Waals surface area contributed by atoms with Crippen LogP contribution in [0.5, 0.6) is 0 Å². The number of nitrogens with two attached hydrogens (primary N) is 1. The van der Waals surface area contributed by atoms with Gasteiger partial charge in [-0.1, -0.05) is 29.3 Å². The van der Waals surface area contributed by atoms with E-state index in [2.05, 4.69) is 48.5 Å². The van der Waals surface area contributed by atoms with Crippen molar-refractivity contribution in [3.63, 3.8) is 0 Å². The van der Waals surface area contributed by atoms with Crippen molar-refractivity contribution in [2.24, 2.45) is 5.73 Å². The van der Waals surface area contributed by atoms with Gasteiger partial charge in [-0.15, -0.1) is 0 Å². The average Bonchev–Trinajstić information content (AvgIpc) is 2.75. The highest BCUT2D eigenvalue weighted by atomic mass is 15.1. The maximum atomic E-state index is 6.26. The van der Waals surface area contributed by atoms with Crippen molar-refractivity contribution in [3.05, 3.63) is 53.1 Å². The lowest BCUT2D eigenvalue weighted by Crippen LogP contribution is -2.18. The molecule has 0 spiro atoms. The fraction of sp³-hybridized carbons (Fsp3) is 0.400. The Kier molecular flexibility index (Phi) is 3.82. The Morgan fingerprint density at radius 1 is 1.22 bits per heavy atom. The predicted octanol–water partition coefficient (Wildman–Crippen LogP) is 2.76. The molecule has 0 bridgehead atoms. The molecule has 0 aliphatic rings. The molecule has 2 N–H and O–H groups in total. The quantitative estimate of drug-likeness (QED) is 0.897. The normalized spacial score (nSPS) is 12.7. The summed E-state index contributed by atoms with van der Waals surface area (Å²) >= 11 is 0. The zero-order valence-electron chi connectivity index (χ0n) is 11.4. The monoisotopic (exact) mass is 243 g/mol. The molecule has 1 aromatic heterocycles. The molecule has 0 aliphatic carbocycles. The van der Waals surface area contributed by atoms with Gasteiger partial charge in [-0.2, -0.15) is 0 Å². The van der Waals surface area contributed by atoms with E-state index >= 15 is 0 Å². The number of imidazole rings is 1. The lowest BCUT2D eigenvalue weighted by atomic mass is 10.0. The van der Waals surface area contributed by atoms with E-state index in [1.165, 1.54) is 16.7 Å². The number of aryl methyl sites for hydroxylation is 3. The van der Waals surface area contributed by atoms with Gasteiger partial charge in [0, 0.05) is 18.9 Å². The summed E-state index contributed by atoms with van der Waals surface area (Å²) < 4.78 is 2.10. The van der Waals surface area contributed by atoms with Gasteiger partial charge in [0.1, 0.15) is 5.82 Å². The second kappa shape index (κ2) is 5.36. The summed E-state index contributed by atoms with van der Waals surface area (Å²) in [5.74, 6) is 0.969. The fourth-order valence-electron chi connectivity index (χ4n) is 2.45. The first-order chi connectivity index (χ1) is 8.60. The zero-order valence-corrected chi connectivity index (χ0v) is 11.4. The van der Waals surface area contributed by atoms with E-state index in [1.54, 1.807) is 0 Å². The number of aromatic nitrogens is 2. The van der Waals surface area contributed by atoms with Gasteiger partial charge in [0.05, 0.1) is 6.04 Å². The van der Waals surface area contributed by atoms with Crippen LogP contribution in [-0.2, 0) is 13.0 Å². The van der Waals surface area contributed by atoms with Gasteiger partial charge in [0.15, 0.2) is 0 Å². The smallest absolute Gasteiger partial charge is 0.125 e. The molecule has 96 valence electrons. The summed E-state index contributed by atoms with van der Waals surface area (Å²) in [6.07, 6.45) is 4.64. The first kappa shape index (κ1) is 12.8. The Morgan fingerprint density at radius 3 is 2.50 bits per heavy atom. The summed E-state index contributed by atoms with van der Waals surface area (Å²) in [5.41, 5.74) is 10.1. The lowest BCUT2D eigenvalue weighted by molar-refractivity contribution is 0.600. The lowest BCUT2D eigenvalue weighted by Gasteiger charge is -2.14. The Morgan fingerprint density at radius 2 is 1.89 bits per heavy atom. The van der Waals surface area contributed by atoms with Crippen LogP contribution in [-0.4, -0.2) is 9.55 Å². The molecule has 0 saturated heterocycles. The van der Waals surface area contributed by atoms with E-state index in [0.29, 0.717) is 0 Å². The molecule has 2 rings (SSSR count). The van der Waals surface area contributed by atoms with Crippen LogP contribution >= 0.6 is 0 Å². The van der Waals surface area contributed by atoms with Crippen molar-refractivity contribution in [1.29, 1.82) is 0 Å². The van der Waals surface area contributed by atoms with E-state index in [0.717, 1.165) is 18.8 Å². The minimum Gasteiger partial charge on any atom is -0.334 e. The van der Waals surface area contributed by atoms with E-state index < -0.39 is 0 Å². The van der Waals surface area contributed by atoms with Crippen molar-refractivity contribution in [3.8, 4) is 0 Å². The second-order valence-electron chi connectivity index (χ2n) is 4.88. The molecule has 2 aromatic rings. The standard InChI is InChI=1S/C15H21N3/c1-4-18-6-5-17-15(18)14(16)10-13-8-11(2)7-12(3)9-13/h5-9,14H,4,10,16H2,1-3H3. The molecule has 0 radical (unpaired) electrons. The van der Waals surface area contributed by atoms with Gasteiger partial charge in [-0.25, -0.2) is 4.98 Å². The summed E-state index contributed by atoms with van der Waals surface area (Å²) in [7, 11) is 0. The maximum Gasteiger partial charge on any atom is 0.125 e. The van der Waals surface area contributed by atoms with Crippen LogP contribution in [0.4, 0.5) is 0 Å². The van der Waals surface area contributed by atoms with Crippen molar-refractivity contribution in [1.82, 2.24) is 9.55 Å². The molecule has 1 unspecified atom stereocenters. The molecule has 3 nitrogen and oxygen atoms in total. The van der Waals surface area contributed by atoms with E-state index in [9.17, 15) is 0 Å². The van der Waals surface area contributed by atoms with E-state index in [1.807, 2.05) is 12.4 Å². The van der Waals surface area contributed by atoms with E-state index in [-0.39, 0.29) is 6.04 Å². The van der Waals surface area contributed by atoms with Gasteiger partial charge in [0.25, 0.3) is 0 Å². The van der Waals surface area contributed by atoms with Crippen LogP contribution in [0, 0.1) is 13.8 Å². The molecule has 0 amide bonds. The van der Waals surface area contributed by atoms with Crippen LogP contribution < -0.4 is 5.73 Å². The number of nitrogens with zero attached hydrogens (tertiary/aromatic N) is 2. The summed E-state index contributed by atoms with van der Waals surface area (Å²) in [5, 5.41) is 0. The minimum atomic E-state index is -0.0406. The largest absolute Gasteiger partial charge is 0.334 e. The van der Waals surface area contributed by atoms with Crippen molar-refractivity contribution < 1.29 is 0 Å². The molecular formula is C15H21N3. The Hall–Kier alpha value is -1.61. The number of benzene rings is 1. The summed E-state index contributed by atoms with van der Waals surface area (Å²) in [4.78, 5) is 4.37. The highest BCUT2D eigenvalue weighted by molar-refractivity contribution is 5.29. The van der Waals surface area contributed by atoms with Crippen LogP contribution in [0.15, 0.2) is 30.6 Å². The van der Waals surface area contributed by atoms with Gasteiger partial charge < -0.3 is 10.3 Å². The Labute approximate surface area is 109 Å². The number of hydrogen-bond donors (Lipinski definition) is 1. The first-order valence-corrected chi connectivity index (χ1v) is 6.44. The average molecular weight is 243 g/mol. The third-order valence-electron chi connectivity index (χ3n) is 3.16. The van der Waals surface area contributed by atoms with Crippen LogP contribution in [0.1, 0.15) is 35.5 Å². The Bertz CT molecular complexity index is 508. The first-order valence-electron chi connectivity index (χ1n) is 6.44. The van der Waals surface area contributed by atoms with E-state index in [4.69, 9.17) is 5.73 Å². The Balaban J connectivity index is 2.18. The van der Waals surface area contributed by atoms with Crippen molar-refractivity contribution in [2.45, 2.75) is 39.8 Å². The third kappa shape index (κ3) is 2.79. The molecule has 1 atom stereocenters. The molecule has 3 heteroatoms. The highest BCUT2D eigenvalue weighted by Gasteiger charge is 2.12. The topological polar surface area (TPSA) is 43.8 Å². The second-order valence-corrected chi connectivity index (χ2v) is 4.88. The van der Waals surface area contributed by atoms with Crippen LogP contribution in [0.3, 0.4) is 0 Å². The molecule has 18 heavy (non-hydrogen) atoms. The molecular weight excluding hydrogens is 222 g/mol. The maximum absolute atomic E-state index is 6.26. The predicted molar refractivity (Wildman–Crippen MR) is 74.4 cm³/mol. The van der Waals surface area contributed by atoms with Crippen LogP contribution in [0.2, 0.25) is 0 Å². The fourth-order valence-corrected chi connectivity index (χ4v) is 2.45. The van der Waals surface area contributed by atoms with Gasteiger partial charge in [-0.3, -0.25) is 0 Å². The number of rotatable bonds is 4. The van der Waals surface area contributed by atoms with Crippen molar-refractivity contribution in [2.75, 3.05) is 0 Å². The molecule has 1 heterocycles. The summed E-state index contributed by atoms with van der Waals surface area (Å²) in [6, 6.07) is 6.54. The van der Waals surface area contributed by atoms with Gasteiger partial charge >= 0.3 is 0 Å². The molecule has 1 aromatic carbocycles. The molecule has 0 fully saturated rings. The summed E-state index contributed by atoms with van der Waals surface area (Å²) in [6.45, 7) is 7.26. The minimum absolute atomic E-state index is 0.0406.